The van der Waals surface area contributed by atoms with Crippen LogP contribution in [0.3, 0.4) is 0 Å². The van der Waals surface area contributed by atoms with Gasteiger partial charge < -0.3 is 5.32 Å². The molecule has 1 aliphatic rings. The van der Waals surface area contributed by atoms with Crippen LogP contribution in [0, 0.1) is 0 Å². The third-order valence-corrected chi connectivity index (χ3v) is 3.84. The van der Waals surface area contributed by atoms with Gasteiger partial charge in [-0.15, -0.1) is 0 Å². The number of sulfone groups is 1. The maximum absolute atomic E-state index is 11.2. The Morgan fingerprint density at radius 1 is 1.31 bits per heavy atom. The Labute approximate surface area is 96.0 Å². The van der Waals surface area contributed by atoms with Crippen LogP contribution < -0.4 is 5.32 Å². The second-order valence-electron chi connectivity index (χ2n) is 4.28. The number of aromatic nitrogens is 1. The lowest BCUT2D eigenvalue weighted by molar-refractivity contribution is 0.598. The molecule has 0 atom stereocenters. The second-order valence-corrected chi connectivity index (χ2v) is 6.25. The molecule has 0 unspecified atom stereocenters. The van der Waals surface area contributed by atoms with E-state index in [1.54, 1.807) is 18.3 Å². The Kier molecular flexibility index (Phi) is 3.14. The van der Waals surface area contributed by atoms with E-state index in [4.69, 9.17) is 0 Å². The summed E-state index contributed by atoms with van der Waals surface area (Å²) in [5.41, 5.74) is 0.902. The normalized spacial score (nSPS) is 17.6. The van der Waals surface area contributed by atoms with Gasteiger partial charge in [0, 0.05) is 12.3 Å². The van der Waals surface area contributed by atoms with Crippen molar-refractivity contribution >= 4 is 15.5 Å². The molecule has 1 saturated carbocycles. The molecule has 1 aliphatic carbocycles. The molecule has 0 spiro atoms. The van der Waals surface area contributed by atoms with E-state index in [1.165, 1.54) is 31.9 Å². The smallest absolute Gasteiger partial charge is 0.192 e. The molecule has 2 rings (SSSR count). The van der Waals surface area contributed by atoms with Crippen molar-refractivity contribution in [2.45, 2.75) is 36.8 Å². The van der Waals surface area contributed by atoms with Gasteiger partial charge in [0.2, 0.25) is 0 Å². The molecular weight excluding hydrogens is 224 g/mol. The summed E-state index contributed by atoms with van der Waals surface area (Å²) in [6.45, 7) is 0. The van der Waals surface area contributed by atoms with Crippen molar-refractivity contribution in [3.05, 3.63) is 18.3 Å². The largest absolute Gasteiger partial charge is 0.381 e. The third-order valence-electron chi connectivity index (χ3n) is 2.84. The van der Waals surface area contributed by atoms with Crippen molar-refractivity contribution in [2.24, 2.45) is 0 Å². The highest BCUT2D eigenvalue weighted by atomic mass is 32.2. The van der Waals surface area contributed by atoms with Gasteiger partial charge in [-0.2, -0.15) is 0 Å². The lowest BCUT2D eigenvalue weighted by Crippen LogP contribution is -2.14. The van der Waals surface area contributed by atoms with Gasteiger partial charge in [-0.05, 0) is 25.0 Å². The van der Waals surface area contributed by atoms with Gasteiger partial charge in [-0.1, -0.05) is 12.8 Å². The van der Waals surface area contributed by atoms with E-state index in [0.29, 0.717) is 6.04 Å². The van der Waals surface area contributed by atoms with E-state index in [9.17, 15) is 8.42 Å². The molecule has 0 aromatic carbocycles. The number of anilines is 1. The molecule has 0 saturated heterocycles. The number of hydrogen-bond acceptors (Lipinski definition) is 4. The quantitative estimate of drug-likeness (QED) is 0.875. The minimum absolute atomic E-state index is 0.129. The summed E-state index contributed by atoms with van der Waals surface area (Å²) in [5, 5.41) is 3.49. The van der Waals surface area contributed by atoms with Gasteiger partial charge in [0.15, 0.2) is 14.9 Å². The first-order valence-corrected chi connectivity index (χ1v) is 7.37. The first-order chi connectivity index (χ1) is 7.55. The highest BCUT2D eigenvalue weighted by Crippen LogP contribution is 2.22. The maximum atomic E-state index is 11.2. The Hall–Kier alpha value is -1.10. The Balaban J connectivity index is 2.07. The molecule has 0 aliphatic heterocycles. The number of nitrogens with zero attached hydrogens (tertiary/aromatic N) is 1. The lowest BCUT2D eigenvalue weighted by Gasteiger charge is -2.12. The van der Waals surface area contributed by atoms with E-state index >= 15 is 0 Å². The minimum atomic E-state index is -3.19. The molecule has 0 amide bonds. The molecule has 0 bridgehead atoms. The fourth-order valence-corrected chi connectivity index (χ4v) is 2.55. The molecular formula is C11H16N2O2S. The van der Waals surface area contributed by atoms with Crippen LogP contribution in [0.4, 0.5) is 5.69 Å². The number of nitrogens with one attached hydrogen (secondary N) is 1. The third kappa shape index (κ3) is 2.72. The van der Waals surface area contributed by atoms with Crippen LogP contribution in [0.15, 0.2) is 23.4 Å². The number of rotatable bonds is 3. The van der Waals surface area contributed by atoms with Gasteiger partial charge >= 0.3 is 0 Å². The van der Waals surface area contributed by atoms with Crippen LogP contribution >= 0.6 is 0 Å². The SMILES string of the molecule is CS(=O)(=O)c1ccc(NC2CCCC2)cn1. The fraction of sp³-hybridized carbons (Fsp3) is 0.545. The average Bonchev–Trinajstić information content (AvgIpc) is 2.70. The van der Waals surface area contributed by atoms with Crippen molar-refractivity contribution < 1.29 is 8.42 Å². The highest BCUT2D eigenvalue weighted by molar-refractivity contribution is 7.90. The minimum Gasteiger partial charge on any atom is -0.381 e. The van der Waals surface area contributed by atoms with Crippen molar-refractivity contribution in [1.29, 1.82) is 0 Å². The maximum Gasteiger partial charge on any atom is 0.192 e. The first-order valence-electron chi connectivity index (χ1n) is 5.48. The van der Waals surface area contributed by atoms with E-state index in [0.717, 1.165) is 5.69 Å². The fourth-order valence-electron chi connectivity index (χ4n) is 1.99. The van der Waals surface area contributed by atoms with E-state index < -0.39 is 9.84 Å². The summed E-state index contributed by atoms with van der Waals surface area (Å²) in [7, 11) is -3.19. The highest BCUT2D eigenvalue weighted by Gasteiger charge is 2.15. The van der Waals surface area contributed by atoms with Crippen LogP contribution in [0.1, 0.15) is 25.7 Å². The van der Waals surface area contributed by atoms with Gasteiger partial charge in [0.05, 0.1) is 11.9 Å². The van der Waals surface area contributed by atoms with Crippen LogP contribution in [-0.2, 0) is 9.84 Å². The van der Waals surface area contributed by atoms with E-state index in [-0.39, 0.29) is 5.03 Å². The summed E-state index contributed by atoms with van der Waals surface area (Å²) in [6.07, 6.45) is 7.68. The number of pyridine rings is 1. The second kappa shape index (κ2) is 4.41. The topological polar surface area (TPSA) is 59.1 Å². The molecule has 1 heterocycles. The molecule has 1 aromatic heterocycles. The van der Waals surface area contributed by atoms with Crippen LogP contribution in [-0.4, -0.2) is 25.7 Å². The van der Waals surface area contributed by atoms with Crippen molar-refractivity contribution in [1.82, 2.24) is 4.98 Å². The molecule has 4 nitrogen and oxygen atoms in total. The van der Waals surface area contributed by atoms with Gasteiger partial charge in [0.1, 0.15) is 0 Å². The average molecular weight is 240 g/mol. The van der Waals surface area contributed by atoms with Gasteiger partial charge in [-0.3, -0.25) is 0 Å². The van der Waals surface area contributed by atoms with Crippen LogP contribution in [0.2, 0.25) is 0 Å². The van der Waals surface area contributed by atoms with Crippen molar-refractivity contribution in [3.63, 3.8) is 0 Å². The molecule has 1 N–H and O–H groups in total. The Bertz CT molecular complexity index is 447. The summed E-state index contributed by atoms with van der Waals surface area (Å²) >= 11 is 0. The summed E-state index contributed by atoms with van der Waals surface area (Å²) < 4.78 is 22.4. The van der Waals surface area contributed by atoms with Crippen molar-refractivity contribution in [3.8, 4) is 0 Å². The molecule has 1 aromatic rings. The standard InChI is InChI=1S/C11H16N2O2S/c1-16(14,15)11-7-6-10(8-12-11)13-9-4-2-3-5-9/h6-9,13H,2-5H2,1H3. The first kappa shape index (κ1) is 11.4. The molecule has 88 valence electrons. The van der Waals surface area contributed by atoms with Gasteiger partial charge in [0.25, 0.3) is 0 Å². The summed E-state index contributed by atoms with van der Waals surface area (Å²) in [4.78, 5) is 3.94. The number of hydrogen-bond donors (Lipinski definition) is 1. The predicted molar refractivity (Wildman–Crippen MR) is 63.2 cm³/mol. The predicted octanol–water partition coefficient (Wildman–Crippen LogP) is 1.84. The zero-order valence-corrected chi connectivity index (χ0v) is 10.1. The van der Waals surface area contributed by atoms with Crippen molar-refractivity contribution in [2.75, 3.05) is 11.6 Å². The Morgan fingerprint density at radius 3 is 2.50 bits per heavy atom. The molecule has 16 heavy (non-hydrogen) atoms. The zero-order chi connectivity index (χ0) is 11.6. The Morgan fingerprint density at radius 2 is 2.00 bits per heavy atom. The van der Waals surface area contributed by atoms with E-state index in [2.05, 4.69) is 10.3 Å². The van der Waals surface area contributed by atoms with Gasteiger partial charge in [-0.25, -0.2) is 13.4 Å². The van der Waals surface area contributed by atoms with Crippen LogP contribution in [0.5, 0.6) is 0 Å². The zero-order valence-electron chi connectivity index (χ0n) is 9.31. The lowest BCUT2D eigenvalue weighted by atomic mass is 10.2. The monoisotopic (exact) mass is 240 g/mol. The van der Waals surface area contributed by atoms with Crippen LogP contribution in [0.25, 0.3) is 0 Å². The summed E-state index contributed by atoms with van der Waals surface area (Å²) in [5.74, 6) is 0. The molecule has 5 heteroatoms. The van der Waals surface area contributed by atoms with E-state index in [1.807, 2.05) is 0 Å². The molecule has 1 fully saturated rings. The molecule has 0 radical (unpaired) electrons. The summed E-state index contributed by atoms with van der Waals surface area (Å²) in [6, 6.07) is 3.85.